The van der Waals surface area contributed by atoms with Crippen molar-refractivity contribution in [2.75, 3.05) is 13.7 Å². The number of ether oxygens (including phenoxy) is 3. The zero-order chi connectivity index (χ0) is 15.8. The van der Waals surface area contributed by atoms with E-state index < -0.39 is 0 Å². The van der Waals surface area contributed by atoms with Crippen LogP contribution in [0.4, 0.5) is 0 Å². The molecule has 0 N–H and O–H groups in total. The molecular formula is C15H28O5. The highest BCUT2D eigenvalue weighted by molar-refractivity contribution is 5.67. The first-order valence-electron chi connectivity index (χ1n) is 7.03. The molecule has 5 nitrogen and oxygen atoms in total. The lowest BCUT2D eigenvalue weighted by molar-refractivity contribution is -0.159. The van der Waals surface area contributed by atoms with Crippen LogP contribution in [0.2, 0.25) is 0 Å². The van der Waals surface area contributed by atoms with Gasteiger partial charge in [-0.3, -0.25) is 9.59 Å². The Balaban J connectivity index is 4.28. The minimum atomic E-state index is -0.387. The van der Waals surface area contributed by atoms with Gasteiger partial charge in [0.25, 0.3) is 0 Å². The quantitative estimate of drug-likeness (QED) is 0.610. The average Bonchev–Trinajstić information content (AvgIpc) is 2.33. The monoisotopic (exact) mass is 288 g/mol. The molecule has 118 valence electrons. The maximum Gasteiger partial charge on any atom is 0.303 e. The third kappa shape index (κ3) is 8.91. The number of carbonyl (C=O) groups excluding carboxylic acids is 2. The van der Waals surface area contributed by atoms with E-state index in [0.29, 0.717) is 0 Å². The third-order valence-electron chi connectivity index (χ3n) is 3.39. The van der Waals surface area contributed by atoms with E-state index >= 15 is 0 Å². The zero-order valence-electron chi connectivity index (χ0n) is 13.5. The largest absolute Gasteiger partial charge is 0.462 e. The van der Waals surface area contributed by atoms with Crippen LogP contribution in [0.1, 0.15) is 53.9 Å². The Morgan fingerprint density at radius 3 is 2.20 bits per heavy atom. The lowest BCUT2D eigenvalue weighted by atomic mass is 9.93. The van der Waals surface area contributed by atoms with Crippen LogP contribution in [0.25, 0.3) is 0 Å². The van der Waals surface area contributed by atoms with Crippen LogP contribution in [0, 0.1) is 5.92 Å². The summed E-state index contributed by atoms with van der Waals surface area (Å²) in [6.45, 7) is 8.90. The molecule has 0 radical (unpaired) electrons. The fourth-order valence-corrected chi connectivity index (χ4v) is 1.86. The first-order chi connectivity index (χ1) is 9.18. The summed E-state index contributed by atoms with van der Waals surface area (Å²) >= 11 is 0. The molecule has 0 bridgehead atoms. The summed E-state index contributed by atoms with van der Waals surface area (Å²) < 4.78 is 15.5. The second-order valence-corrected chi connectivity index (χ2v) is 5.78. The normalized spacial score (nSPS) is 14.5. The van der Waals surface area contributed by atoms with E-state index in [9.17, 15) is 9.59 Å². The van der Waals surface area contributed by atoms with Crippen LogP contribution in [0.15, 0.2) is 0 Å². The van der Waals surface area contributed by atoms with Crippen molar-refractivity contribution >= 4 is 11.9 Å². The van der Waals surface area contributed by atoms with Crippen LogP contribution >= 0.6 is 0 Å². The number of rotatable bonds is 9. The highest BCUT2D eigenvalue weighted by Crippen LogP contribution is 2.21. The molecule has 0 saturated carbocycles. The van der Waals surface area contributed by atoms with Gasteiger partial charge in [-0.1, -0.05) is 13.3 Å². The molecule has 0 amide bonds. The first kappa shape index (κ1) is 18.9. The van der Waals surface area contributed by atoms with Gasteiger partial charge in [0, 0.05) is 21.0 Å². The summed E-state index contributed by atoms with van der Waals surface area (Å²) in [6, 6.07) is 0. The van der Waals surface area contributed by atoms with Crippen molar-refractivity contribution in [1.29, 1.82) is 0 Å². The summed E-state index contributed by atoms with van der Waals surface area (Å²) in [5.74, 6) is -0.591. The van der Waals surface area contributed by atoms with Gasteiger partial charge < -0.3 is 14.2 Å². The van der Waals surface area contributed by atoms with Gasteiger partial charge in [-0.25, -0.2) is 0 Å². The summed E-state index contributed by atoms with van der Waals surface area (Å²) in [5, 5.41) is 0. The fraction of sp³-hybridized carbons (Fsp3) is 0.867. The minimum absolute atomic E-state index is 0.115. The number of hydrogen-bond donors (Lipinski definition) is 0. The molecule has 0 spiro atoms. The topological polar surface area (TPSA) is 61.8 Å². The molecule has 0 rings (SSSR count). The maximum absolute atomic E-state index is 11.1. The Kier molecular flexibility index (Phi) is 8.46. The van der Waals surface area contributed by atoms with Gasteiger partial charge in [-0.15, -0.1) is 0 Å². The predicted molar refractivity (Wildman–Crippen MR) is 76.3 cm³/mol. The standard InChI is InChI=1S/C15H28O5/c1-11(8-7-9-15(4,5)18-6)14(20-13(3)17)10-19-12(2)16/h11,14H,7-10H2,1-6H3/t11-,14+/m1/s1. The summed E-state index contributed by atoms with van der Waals surface area (Å²) in [4.78, 5) is 22.0. The van der Waals surface area contributed by atoms with E-state index in [1.165, 1.54) is 13.8 Å². The Labute approximate surface area is 122 Å². The average molecular weight is 288 g/mol. The number of esters is 2. The van der Waals surface area contributed by atoms with E-state index in [4.69, 9.17) is 14.2 Å². The second kappa shape index (κ2) is 8.95. The van der Waals surface area contributed by atoms with E-state index in [2.05, 4.69) is 0 Å². The van der Waals surface area contributed by atoms with Crippen molar-refractivity contribution < 1.29 is 23.8 Å². The Bertz CT molecular complexity index is 311. The smallest absolute Gasteiger partial charge is 0.303 e. The molecule has 20 heavy (non-hydrogen) atoms. The second-order valence-electron chi connectivity index (χ2n) is 5.78. The summed E-state index contributed by atoms with van der Waals surface area (Å²) in [5.41, 5.74) is -0.146. The van der Waals surface area contributed by atoms with Crippen molar-refractivity contribution in [1.82, 2.24) is 0 Å². The van der Waals surface area contributed by atoms with E-state index in [1.807, 2.05) is 20.8 Å². The summed E-state index contributed by atoms with van der Waals surface area (Å²) in [6.07, 6.45) is 2.38. The van der Waals surface area contributed by atoms with Gasteiger partial charge in [0.2, 0.25) is 0 Å². The molecule has 0 unspecified atom stereocenters. The van der Waals surface area contributed by atoms with Crippen molar-refractivity contribution in [3.63, 3.8) is 0 Å². The third-order valence-corrected chi connectivity index (χ3v) is 3.39. The van der Waals surface area contributed by atoms with Gasteiger partial charge in [-0.2, -0.15) is 0 Å². The fourth-order valence-electron chi connectivity index (χ4n) is 1.86. The molecule has 5 heteroatoms. The minimum Gasteiger partial charge on any atom is -0.462 e. The van der Waals surface area contributed by atoms with Crippen molar-refractivity contribution in [2.24, 2.45) is 5.92 Å². The molecular weight excluding hydrogens is 260 g/mol. The summed E-state index contributed by atoms with van der Waals surface area (Å²) in [7, 11) is 1.70. The highest BCUT2D eigenvalue weighted by atomic mass is 16.6. The van der Waals surface area contributed by atoms with Crippen LogP contribution in [-0.4, -0.2) is 37.4 Å². The molecule has 0 aliphatic carbocycles. The molecule has 0 aliphatic heterocycles. The molecule has 0 saturated heterocycles. The molecule has 0 aromatic rings. The first-order valence-corrected chi connectivity index (χ1v) is 7.03. The van der Waals surface area contributed by atoms with Crippen LogP contribution in [-0.2, 0) is 23.8 Å². The van der Waals surface area contributed by atoms with Crippen molar-refractivity contribution in [2.45, 2.75) is 65.6 Å². The molecule has 2 atom stereocenters. The molecule has 0 aliphatic rings. The Morgan fingerprint density at radius 1 is 1.15 bits per heavy atom. The SMILES string of the molecule is COC(C)(C)CCC[C@@H](C)[C@H](COC(C)=O)OC(C)=O. The number of methoxy groups -OCH3 is 1. The van der Waals surface area contributed by atoms with Crippen LogP contribution in [0.3, 0.4) is 0 Å². The van der Waals surface area contributed by atoms with Gasteiger partial charge in [-0.05, 0) is 32.6 Å². The Hall–Kier alpha value is -1.10. The molecule has 0 aromatic carbocycles. The lowest BCUT2D eigenvalue weighted by Crippen LogP contribution is -2.30. The predicted octanol–water partition coefficient (Wildman–Crippen LogP) is 2.71. The number of hydrogen-bond acceptors (Lipinski definition) is 5. The molecule has 0 fully saturated rings. The molecule has 0 heterocycles. The van der Waals surface area contributed by atoms with Crippen LogP contribution in [0.5, 0.6) is 0 Å². The van der Waals surface area contributed by atoms with E-state index in [1.54, 1.807) is 7.11 Å². The molecule has 0 aromatic heterocycles. The van der Waals surface area contributed by atoms with E-state index in [-0.39, 0.29) is 36.2 Å². The maximum atomic E-state index is 11.1. The van der Waals surface area contributed by atoms with Gasteiger partial charge in [0.05, 0.1) is 5.60 Å². The van der Waals surface area contributed by atoms with E-state index in [0.717, 1.165) is 19.3 Å². The highest BCUT2D eigenvalue weighted by Gasteiger charge is 2.23. The van der Waals surface area contributed by atoms with Crippen molar-refractivity contribution in [3.8, 4) is 0 Å². The zero-order valence-corrected chi connectivity index (χ0v) is 13.5. The van der Waals surface area contributed by atoms with Gasteiger partial charge in [0.15, 0.2) is 0 Å². The number of carbonyl (C=O) groups is 2. The lowest BCUT2D eigenvalue weighted by Gasteiger charge is -2.26. The van der Waals surface area contributed by atoms with Gasteiger partial charge in [0.1, 0.15) is 12.7 Å². The van der Waals surface area contributed by atoms with Gasteiger partial charge >= 0.3 is 11.9 Å². The Morgan fingerprint density at radius 2 is 1.75 bits per heavy atom. The van der Waals surface area contributed by atoms with Crippen LogP contribution < -0.4 is 0 Å². The van der Waals surface area contributed by atoms with Crippen molar-refractivity contribution in [3.05, 3.63) is 0 Å².